The van der Waals surface area contributed by atoms with Gasteiger partial charge in [-0.1, -0.05) is 18.2 Å². The number of ether oxygens (including phenoxy) is 2. The largest absolute Gasteiger partial charge is 0.385 e. The molecule has 19 heavy (non-hydrogen) atoms. The summed E-state index contributed by atoms with van der Waals surface area (Å²) in [5, 5.41) is 0. The van der Waals surface area contributed by atoms with E-state index in [1.54, 1.807) is 14.2 Å². The number of hydrogen-bond donors (Lipinski definition) is 1. The zero-order valence-electron chi connectivity index (χ0n) is 12.3. The van der Waals surface area contributed by atoms with E-state index in [0.29, 0.717) is 6.61 Å². The van der Waals surface area contributed by atoms with E-state index in [4.69, 9.17) is 15.2 Å². The van der Waals surface area contributed by atoms with Crippen LogP contribution in [0.3, 0.4) is 0 Å². The van der Waals surface area contributed by atoms with Gasteiger partial charge >= 0.3 is 0 Å². The fraction of sp³-hybridized carbons (Fsp3) is 0.600. The van der Waals surface area contributed by atoms with Gasteiger partial charge in [-0.3, -0.25) is 0 Å². The maximum atomic E-state index is 6.05. The summed E-state index contributed by atoms with van der Waals surface area (Å²) < 4.78 is 10.3. The molecule has 0 amide bonds. The van der Waals surface area contributed by atoms with Gasteiger partial charge in [0.1, 0.15) is 0 Å². The third-order valence-electron chi connectivity index (χ3n) is 3.11. The summed E-state index contributed by atoms with van der Waals surface area (Å²) in [6, 6.07) is 8.34. The highest BCUT2D eigenvalue weighted by Gasteiger charge is 2.12. The standard InChI is InChI=1S/C15H26N2O2/c1-13(16)14-7-4-5-8-15(14)17(10-12-19-3)9-6-11-18-2/h4-5,7-8,13H,6,9-12,16H2,1-3H3/t13-/m0/s1. The van der Waals surface area contributed by atoms with E-state index in [2.05, 4.69) is 23.1 Å². The summed E-state index contributed by atoms with van der Waals surface area (Å²) in [6.07, 6.45) is 0.994. The molecule has 1 rings (SSSR count). The third kappa shape index (κ3) is 5.19. The Morgan fingerprint density at radius 2 is 1.79 bits per heavy atom. The van der Waals surface area contributed by atoms with E-state index in [1.807, 2.05) is 13.0 Å². The van der Waals surface area contributed by atoms with Gasteiger partial charge < -0.3 is 20.1 Å². The van der Waals surface area contributed by atoms with Crippen molar-refractivity contribution in [3.05, 3.63) is 29.8 Å². The molecule has 1 aromatic carbocycles. The summed E-state index contributed by atoms with van der Waals surface area (Å²) in [5.74, 6) is 0. The van der Waals surface area contributed by atoms with Gasteiger partial charge in [0.05, 0.1) is 6.61 Å². The maximum absolute atomic E-state index is 6.05. The Kier molecular flexibility index (Phi) is 7.48. The van der Waals surface area contributed by atoms with Crippen molar-refractivity contribution < 1.29 is 9.47 Å². The van der Waals surface area contributed by atoms with Crippen molar-refractivity contribution in [3.8, 4) is 0 Å². The van der Waals surface area contributed by atoms with Crippen molar-refractivity contribution in [2.24, 2.45) is 5.73 Å². The van der Waals surface area contributed by atoms with E-state index in [9.17, 15) is 0 Å². The zero-order valence-corrected chi connectivity index (χ0v) is 12.3. The lowest BCUT2D eigenvalue weighted by Gasteiger charge is -2.28. The van der Waals surface area contributed by atoms with Gasteiger partial charge in [0.2, 0.25) is 0 Å². The van der Waals surface area contributed by atoms with Crippen molar-refractivity contribution in [2.75, 3.05) is 45.4 Å². The number of para-hydroxylation sites is 1. The lowest BCUT2D eigenvalue weighted by atomic mass is 10.1. The number of rotatable bonds is 9. The molecule has 0 saturated carbocycles. The number of anilines is 1. The van der Waals surface area contributed by atoms with Gasteiger partial charge in [0.25, 0.3) is 0 Å². The normalized spacial score (nSPS) is 12.4. The number of benzene rings is 1. The molecule has 0 aliphatic carbocycles. The Labute approximate surface area is 116 Å². The Morgan fingerprint density at radius 3 is 2.42 bits per heavy atom. The van der Waals surface area contributed by atoms with Crippen molar-refractivity contribution in [2.45, 2.75) is 19.4 Å². The van der Waals surface area contributed by atoms with E-state index in [1.165, 1.54) is 11.3 Å². The minimum atomic E-state index is 0.0312. The van der Waals surface area contributed by atoms with Gasteiger partial charge in [0, 0.05) is 45.6 Å². The topological polar surface area (TPSA) is 47.7 Å². The Hall–Kier alpha value is -1.10. The number of methoxy groups -OCH3 is 2. The van der Waals surface area contributed by atoms with Crippen LogP contribution in [0.15, 0.2) is 24.3 Å². The quantitative estimate of drug-likeness (QED) is 0.696. The SMILES string of the molecule is COCCCN(CCOC)c1ccccc1[C@H](C)N. The maximum Gasteiger partial charge on any atom is 0.0637 e. The molecule has 0 fully saturated rings. The van der Waals surface area contributed by atoms with Crippen LogP contribution in [-0.2, 0) is 9.47 Å². The fourth-order valence-corrected chi connectivity index (χ4v) is 2.11. The predicted molar refractivity (Wildman–Crippen MR) is 79.6 cm³/mol. The summed E-state index contributed by atoms with van der Waals surface area (Å²) in [7, 11) is 3.46. The molecule has 0 heterocycles. The highest BCUT2D eigenvalue weighted by atomic mass is 16.5. The highest BCUT2D eigenvalue weighted by Crippen LogP contribution is 2.25. The van der Waals surface area contributed by atoms with E-state index >= 15 is 0 Å². The van der Waals surface area contributed by atoms with Gasteiger partial charge in [-0.15, -0.1) is 0 Å². The summed E-state index contributed by atoms with van der Waals surface area (Å²) >= 11 is 0. The Bertz CT molecular complexity index is 356. The first-order valence-corrected chi connectivity index (χ1v) is 6.78. The van der Waals surface area contributed by atoms with Crippen LogP contribution in [0.2, 0.25) is 0 Å². The number of nitrogens with two attached hydrogens (primary N) is 1. The lowest BCUT2D eigenvalue weighted by molar-refractivity contribution is 0.191. The van der Waals surface area contributed by atoms with Gasteiger partial charge in [-0.05, 0) is 25.0 Å². The molecule has 1 atom stereocenters. The first kappa shape index (κ1) is 16.0. The van der Waals surface area contributed by atoms with Crippen molar-refractivity contribution in [1.29, 1.82) is 0 Å². The molecular weight excluding hydrogens is 240 g/mol. The van der Waals surface area contributed by atoms with E-state index in [0.717, 1.165) is 26.1 Å². The van der Waals surface area contributed by atoms with Crippen LogP contribution >= 0.6 is 0 Å². The number of nitrogens with zero attached hydrogens (tertiary/aromatic N) is 1. The van der Waals surface area contributed by atoms with Crippen LogP contribution in [0.5, 0.6) is 0 Å². The summed E-state index contributed by atoms with van der Waals surface area (Å²) in [4.78, 5) is 2.32. The average molecular weight is 266 g/mol. The van der Waals surface area contributed by atoms with Crippen LogP contribution in [0.4, 0.5) is 5.69 Å². The molecule has 0 aromatic heterocycles. The van der Waals surface area contributed by atoms with Crippen LogP contribution < -0.4 is 10.6 Å². The average Bonchev–Trinajstić information content (AvgIpc) is 2.42. The minimum absolute atomic E-state index is 0.0312. The Morgan fingerprint density at radius 1 is 1.11 bits per heavy atom. The fourth-order valence-electron chi connectivity index (χ4n) is 2.11. The van der Waals surface area contributed by atoms with Crippen LogP contribution in [0, 0.1) is 0 Å². The number of hydrogen-bond acceptors (Lipinski definition) is 4. The smallest absolute Gasteiger partial charge is 0.0637 e. The minimum Gasteiger partial charge on any atom is -0.385 e. The lowest BCUT2D eigenvalue weighted by Crippen LogP contribution is -2.30. The van der Waals surface area contributed by atoms with Crippen molar-refractivity contribution in [1.82, 2.24) is 0 Å². The Balaban J connectivity index is 2.82. The van der Waals surface area contributed by atoms with Crippen molar-refractivity contribution >= 4 is 5.69 Å². The molecule has 2 N–H and O–H groups in total. The second-order valence-corrected chi connectivity index (χ2v) is 4.67. The van der Waals surface area contributed by atoms with Crippen LogP contribution in [0.25, 0.3) is 0 Å². The predicted octanol–water partition coefficient (Wildman–Crippen LogP) is 2.20. The molecule has 0 aliphatic heterocycles. The molecule has 4 heteroatoms. The first-order chi connectivity index (χ1) is 9.20. The van der Waals surface area contributed by atoms with Gasteiger partial charge in [-0.2, -0.15) is 0 Å². The molecule has 0 saturated heterocycles. The van der Waals surface area contributed by atoms with Gasteiger partial charge in [-0.25, -0.2) is 0 Å². The second kappa shape index (κ2) is 8.91. The van der Waals surface area contributed by atoms with Crippen LogP contribution in [0.1, 0.15) is 24.9 Å². The van der Waals surface area contributed by atoms with Gasteiger partial charge in [0.15, 0.2) is 0 Å². The molecule has 1 aromatic rings. The zero-order chi connectivity index (χ0) is 14.1. The highest BCUT2D eigenvalue weighted by molar-refractivity contribution is 5.54. The molecule has 0 spiro atoms. The summed E-state index contributed by atoms with van der Waals surface area (Å²) in [5.41, 5.74) is 8.43. The van der Waals surface area contributed by atoms with E-state index < -0.39 is 0 Å². The molecule has 0 radical (unpaired) electrons. The summed E-state index contributed by atoms with van der Waals surface area (Å²) in [6.45, 7) is 5.30. The molecule has 0 bridgehead atoms. The molecule has 0 unspecified atom stereocenters. The monoisotopic (exact) mass is 266 g/mol. The molecule has 0 aliphatic rings. The first-order valence-electron chi connectivity index (χ1n) is 6.78. The molecule has 108 valence electrons. The van der Waals surface area contributed by atoms with Crippen LogP contribution in [-0.4, -0.2) is 40.5 Å². The third-order valence-corrected chi connectivity index (χ3v) is 3.11. The molecule has 4 nitrogen and oxygen atoms in total. The second-order valence-electron chi connectivity index (χ2n) is 4.67. The van der Waals surface area contributed by atoms with Crippen molar-refractivity contribution in [3.63, 3.8) is 0 Å². The molecular formula is C15H26N2O2. The van der Waals surface area contributed by atoms with E-state index in [-0.39, 0.29) is 6.04 Å².